The summed E-state index contributed by atoms with van der Waals surface area (Å²) in [5.41, 5.74) is 1.05. The fourth-order valence-corrected chi connectivity index (χ4v) is 13.1. The number of rotatable bonds is 15. The first-order chi connectivity index (χ1) is 30.3. The molecule has 64 heavy (non-hydrogen) atoms. The van der Waals surface area contributed by atoms with Crippen LogP contribution < -0.4 is 0 Å². The zero-order valence-corrected chi connectivity index (χ0v) is 37.4. The Balaban J connectivity index is 0.935. The van der Waals surface area contributed by atoms with Crippen LogP contribution in [0.25, 0.3) is 0 Å². The maximum absolute atomic E-state index is 11.8. The molecule has 2 unspecified atom stereocenters. The van der Waals surface area contributed by atoms with Crippen molar-refractivity contribution in [2.45, 2.75) is 196 Å². The summed E-state index contributed by atoms with van der Waals surface area (Å²) in [6.45, 7) is 6.74. The summed E-state index contributed by atoms with van der Waals surface area (Å²) in [6, 6.07) is 0. The van der Waals surface area contributed by atoms with Crippen molar-refractivity contribution in [3.8, 4) is 0 Å². The van der Waals surface area contributed by atoms with Gasteiger partial charge in [-0.15, -0.1) is 0 Å². The lowest BCUT2D eigenvalue weighted by molar-refractivity contribution is -0.368. The van der Waals surface area contributed by atoms with Gasteiger partial charge in [-0.25, -0.2) is 0 Å². The zero-order chi connectivity index (χ0) is 46.6. The Morgan fingerprint density at radius 2 is 1.23 bits per heavy atom. The normalized spacial score (nSPS) is 51.0. The number of allylic oxidation sites excluding steroid dienone is 1. The number of fused-ring (bicyclic) bond motifs is 5. The van der Waals surface area contributed by atoms with Crippen LogP contribution in [0.4, 0.5) is 0 Å². The molecule has 6 fully saturated rings. The van der Waals surface area contributed by atoms with E-state index in [2.05, 4.69) is 19.9 Å². The number of hydrogen-bond donors (Lipinski definition) is 13. The van der Waals surface area contributed by atoms with Crippen molar-refractivity contribution < 1.29 is 94.8 Å². The van der Waals surface area contributed by atoms with Crippen molar-refractivity contribution in [2.24, 2.45) is 46.3 Å². The summed E-state index contributed by atoms with van der Waals surface area (Å²) >= 11 is 0. The van der Waals surface area contributed by atoms with Crippen LogP contribution in [0.2, 0.25) is 0 Å². The highest BCUT2D eigenvalue weighted by Crippen LogP contribution is 2.67. The van der Waals surface area contributed by atoms with Crippen molar-refractivity contribution in [1.29, 1.82) is 0 Å². The van der Waals surface area contributed by atoms with Gasteiger partial charge in [-0.05, 0) is 104 Å². The van der Waals surface area contributed by atoms with E-state index in [0.717, 1.165) is 25.7 Å². The maximum Gasteiger partial charge on any atom is 0.187 e. The van der Waals surface area contributed by atoms with Gasteiger partial charge < -0.3 is 94.8 Å². The Kier molecular flexibility index (Phi) is 16.3. The molecule has 0 spiro atoms. The molecule has 0 aromatic carbocycles. The van der Waals surface area contributed by atoms with Gasteiger partial charge in [0.1, 0.15) is 73.2 Å². The SMILES string of the molecule is CC(CC[C@H](O)[C@@H](C)[C@H]1C(O)C[C@H]2[C@@H]3CC=C4C[C@@H](O[C@@H]5O[C@H](CO)[C@@H](O)[C@H](O)[C@H]5O)CC[C@]4(C)[C@H]3CC[C@]12C)CO[C@@H]1O[C@H](CO)[C@@H](O)[C@H](O)[C@H]1O[C@@H]1O[C@H](CO)[C@@H](O)[C@H](O)[C@H]1O. The minimum absolute atomic E-state index is 0.0467. The lowest BCUT2D eigenvalue weighted by Crippen LogP contribution is -2.64. The van der Waals surface area contributed by atoms with E-state index in [9.17, 15) is 66.4 Å². The minimum Gasteiger partial charge on any atom is -0.394 e. The topological polar surface area (TPSA) is 318 Å². The minimum atomic E-state index is -1.79. The van der Waals surface area contributed by atoms with Gasteiger partial charge in [-0.1, -0.05) is 39.3 Å². The van der Waals surface area contributed by atoms with Crippen LogP contribution in [0.1, 0.15) is 85.5 Å². The third-order valence-electron chi connectivity index (χ3n) is 17.0. The highest BCUT2D eigenvalue weighted by atomic mass is 16.8. The van der Waals surface area contributed by atoms with E-state index >= 15 is 0 Å². The Labute approximate surface area is 374 Å². The molecule has 370 valence electrons. The van der Waals surface area contributed by atoms with Gasteiger partial charge in [0.05, 0.1) is 44.7 Å². The number of aliphatic hydroxyl groups is 13. The summed E-state index contributed by atoms with van der Waals surface area (Å²) in [7, 11) is 0. The van der Waals surface area contributed by atoms with Gasteiger partial charge in [-0.3, -0.25) is 0 Å². The predicted molar refractivity (Wildman–Crippen MR) is 221 cm³/mol. The van der Waals surface area contributed by atoms with Gasteiger partial charge in [0.2, 0.25) is 0 Å². The van der Waals surface area contributed by atoms with Crippen molar-refractivity contribution >= 4 is 0 Å². The molecule has 0 bridgehead atoms. The van der Waals surface area contributed by atoms with Crippen LogP contribution in [0.3, 0.4) is 0 Å². The molecule has 19 heteroatoms. The number of aliphatic hydroxyl groups excluding tert-OH is 13. The lowest BCUT2D eigenvalue weighted by Gasteiger charge is -2.58. The van der Waals surface area contributed by atoms with Crippen LogP contribution in [0.15, 0.2) is 11.6 Å². The molecule has 3 saturated heterocycles. The quantitative estimate of drug-likeness (QED) is 0.0774. The maximum atomic E-state index is 11.8. The van der Waals surface area contributed by atoms with Gasteiger partial charge in [-0.2, -0.15) is 0 Å². The standard InChI is InChI=1S/C45H76O19/c1-19(18-59-43-40(37(56)34(53)30(17-48)63-43)64-42-39(58)36(55)33(52)29(16-47)62-42)5-8-26(49)20(2)31-27(50)14-25-23-7-6-21-13-22(9-11-44(21,3)24(23)10-12-45(25,31)4)60-41-38(57)35(54)32(51)28(15-46)61-41/h6,19-20,22-43,46-58H,5,7-18H2,1-4H3/t19?,20-,22+,23-,24+,25+,26+,27?,28-,29-,30-,31+,32-,33-,34-,35+,36+,37+,38-,39-,40-,41-,42+,43-,44+,45+/m1/s1. The van der Waals surface area contributed by atoms with Crippen LogP contribution >= 0.6 is 0 Å². The van der Waals surface area contributed by atoms with E-state index in [-0.39, 0.29) is 47.2 Å². The van der Waals surface area contributed by atoms with Crippen LogP contribution in [-0.4, -0.2) is 203 Å². The molecule has 3 heterocycles. The van der Waals surface area contributed by atoms with E-state index in [1.807, 2.05) is 13.8 Å². The Morgan fingerprint density at radius 3 is 1.83 bits per heavy atom. The molecule has 4 aliphatic carbocycles. The van der Waals surface area contributed by atoms with Crippen LogP contribution in [0, 0.1) is 46.3 Å². The molecule has 19 nitrogen and oxygen atoms in total. The Hall–Kier alpha value is -1.02. The Bertz CT molecular complexity index is 1550. The second-order valence-electron chi connectivity index (χ2n) is 20.8. The average Bonchev–Trinajstić information content (AvgIpc) is 3.56. The molecule has 0 radical (unpaired) electrons. The highest BCUT2D eigenvalue weighted by Gasteiger charge is 2.62. The van der Waals surface area contributed by atoms with E-state index in [0.29, 0.717) is 43.9 Å². The largest absolute Gasteiger partial charge is 0.394 e. The average molecular weight is 921 g/mol. The molecule has 0 amide bonds. The summed E-state index contributed by atoms with van der Waals surface area (Å²) < 4.78 is 34.9. The van der Waals surface area contributed by atoms with E-state index < -0.39 is 124 Å². The van der Waals surface area contributed by atoms with Crippen molar-refractivity contribution in [2.75, 3.05) is 26.4 Å². The summed E-state index contributed by atoms with van der Waals surface area (Å²) in [6.07, 6.45) is -14.7. The zero-order valence-electron chi connectivity index (χ0n) is 37.4. The van der Waals surface area contributed by atoms with Crippen molar-refractivity contribution in [1.82, 2.24) is 0 Å². The fourth-order valence-electron chi connectivity index (χ4n) is 13.1. The van der Waals surface area contributed by atoms with Gasteiger partial charge in [0, 0.05) is 0 Å². The first-order valence-electron chi connectivity index (χ1n) is 23.5. The summed E-state index contributed by atoms with van der Waals surface area (Å²) in [4.78, 5) is 0. The monoisotopic (exact) mass is 920 g/mol. The van der Waals surface area contributed by atoms with Gasteiger partial charge in [0.25, 0.3) is 0 Å². The number of hydrogen-bond acceptors (Lipinski definition) is 19. The predicted octanol–water partition coefficient (Wildman–Crippen LogP) is -2.22. The Morgan fingerprint density at radius 1 is 0.672 bits per heavy atom. The molecular weight excluding hydrogens is 844 g/mol. The molecule has 0 aromatic rings. The first kappa shape index (κ1) is 50.8. The third kappa shape index (κ3) is 9.50. The second-order valence-corrected chi connectivity index (χ2v) is 20.8. The van der Waals surface area contributed by atoms with E-state index in [4.69, 9.17) is 28.4 Å². The first-order valence-corrected chi connectivity index (χ1v) is 23.5. The molecule has 13 N–H and O–H groups in total. The van der Waals surface area contributed by atoms with Crippen molar-refractivity contribution in [3.63, 3.8) is 0 Å². The van der Waals surface area contributed by atoms with Gasteiger partial charge in [0.15, 0.2) is 18.9 Å². The molecule has 26 atom stereocenters. The molecular formula is C45H76O19. The van der Waals surface area contributed by atoms with Crippen LogP contribution in [-0.2, 0) is 28.4 Å². The lowest BCUT2D eigenvalue weighted by atomic mass is 9.47. The van der Waals surface area contributed by atoms with E-state index in [1.165, 1.54) is 5.57 Å². The third-order valence-corrected chi connectivity index (χ3v) is 17.0. The summed E-state index contributed by atoms with van der Waals surface area (Å²) in [5, 5.41) is 136. The molecule has 3 saturated carbocycles. The molecule has 7 aliphatic rings. The second kappa shape index (κ2) is 20.5. The molecule has 7 rings (SSSR count). The van der Waals surface area contributed by atoms with Crippen molar-refractivity contribution in [3.05, 3.63) is 11.6 Å². The molecule has 0 aromatic heterocycles. The van der Waals surface area contributed by atoms with E-state index in [1.54, 1.807) is 0 Å². The fraction of sp³-hybridized carbons (Fsp3) is 0.956. The number of ether oxygens (including phenoxy) is 6. The highest BCUT2D eigenvalue weighted by molar-refractivity contribution is 5.26. The smallest absolute Gasteiger partial charge is 0.187 e. The van der Waals surface area contributed by atoms with Crippen LogP contribution in [0.5, 0.6) is 0 Å². The molecule has 3 aliphatic heterocycles. The summed E-state index contributed by atoms with van der Waals surface area (Å²) in [5.74, 6) is 0.519. The van der Waals surface area contributed by atoms with Gasteiger partial charge >= 0.3 is 0 Å².